The fraction of sp³-hybridized carbons (Fsp3) is 0.500. The monoisotopic (exact) mass is 294 g/mol. The number of carbonyl (C=O) groups excluding carboxylic acids is 1. The number of aromatic nitrogens is 1. The van der Waals surface area contributed by atoms with Gasteiger partial charge in [0.1, 0.15) is 5.69 Å². The molecular weight excluding hydrogens is 276 g/mol. The van der Waals surface area contributed by atoms with E-state index in [2.05, 4.69) is 18.8 Å². The van der Waals surface area contributed by atoms with E-state index in [0.29, 0.717) is 18.8 Å². The van der Waals surface area contributed by atoms with Crippen LogP contribution in [-0.4, -0.2) is 50.5 Å². The van der Waals surface area contributed by atoms with Crippen molar-refractivity contribution in [3.05, 3.63) is 29.6 Å². The van der Waals surface area contributed by atoms with Crippen molar-refractivity contribution >= 4 is 23.6 Å². The standard InChI is InChI=1S/C14H18N2O3S/c1-14(2)5-6-16(7-8-20-14)12(17)11-4-3-10(9-15-11)13(18)19/h3-4,9H,5-8H2,1-2H3,(H,18,19). The quantitative estimate of drug-likeness (QED) is 0.905. The number of carboxylic acids is 1. The molecule has 0 atom stereocenters. The first-order chi connectivity index (χ1) is 9.39. The van der Waals surface area contributed by atoms with E-state index in [9.17, 15) is 9.59 Å². The minimum absolute atomic E-state index is 0.0918. The first-order valence-electron chi connectivity index (χ1n) is 6.52. The molecule has 0 saturated carbocycles. The van der Waals surface area contributed by atoms with E-state index in [1.165, 1.54) is 18.3 Å². The molecule has 1 amide bonds. The van der Waals surface area contributed by atoms with Gasteiger partial charge in [0.25, 0.3) is 5.91 Å². The summed E-state index contributed by atoms with van der Waals surface area (Å²) >= 11 is 1.87. The van der Waals surface area contributed by atoms with E-state index >= 15 is 0 Å². The van der Waals surface area contributed by atoms with Crippen molar-refractivity contribution in [1.82, 2.24) is 9.88 Å². The van der Waals surface area contributed by atoms with Crippen LogP contribution in [0, 0.1) is 0 Å². The highest BCUT2D eigenvalue weighted by atomic mass is 32.2. The molecule has 5 nitrogen and oxygen atoms in total. The molecule has 2 heterocycles. The zero-order valence-electron chi connectivity index (χ0n) is 11.6. The number of hydrogen-bond acceptors (Lipinski definition) is 4. The zero-order chi connectivity index (χ0) is 14.8. The Hall–Kier alpha value is -1.56. The molecule has 1 aromatic rings. The lowest BCUT2D eigenvalue weighted by Crippen LogP contribution is -2.34. The molecule has 0 radical (unpaired) electrons. The lowest BCUT2D eigenvalue weighted by atomic mass is 10.1. The van der Waals surface area contributed by atoms with E-state index in [4.69, 9.17) is 5.11 Å². The Morgan fingerprint density at radius 1 is 1.35 bits per heavy atom. The average Bonchev–Trinajstić information content (AvgIpc) is 2.59. The second-order valence-corrected chi connectivity index (χ2v) is 7.19. The highest BCUT2D eigenvalue weighted by molar-refractivity contribution is 8.00. The molecule has 108 valence electrons. The average molecular weight is 294 g/mol. The molecule has 0 aromatic carbocycles. The molecule has 1 N–H and O–H groups in total. The lowest BCUT2D eigenvalue weighted by molar-refractivity contribution is 0.0693. The summed E-state index contributed by atoms with van der Waals surface area (Å²) in [4.78, 5) is 28.9. The van der Waals surface area contributed by atoms with E-state index in [1.54, 1.807) is 4.90 Å². The number of aromatic carboxylic acids is 1. The number of carboxylic acid groups (broad SMARTS) is 1. The topological polar surface area (TPSA) is 70.5 Å². The van der Waals surface area contributed by atoms with Crippen LogP contribution >= 0.6 is 11.8 Å². The van der Waals surface area contributed by atoms with E-state index in [1.807, 2.05) is 11.8 Å². The molecule has 2 rings (SSSR count). The summed E-state index contributed by atoms with van der Waals surface area (Å²) in [6.07, 6.45) is 2.17. The molecule has 1 aromatic heterocycles. The maximum absolute atomic E-state index is 12.4. The van der Waals surface area contributed by atoms with Crippen LogP contribution in [0.15, 0.2) is 18.3 Å². The smallest absolute Gasteiger partial charge is 0.337 e. The first-order valence-corrected chi connectivity index (χ1v) is 7.50. The molecule has 1 saturated heterocycles. The second-order valence-electron chi connectivity index (χ2n) is 5.39. The van der Waals surface area contributed by atoms with Crippen LogP contribution < -0.4 is 0 Å². The maximum Gasteiger partial charge on any atom is 0.337 e. The van der Waals surface area contributed by atoms with Gasteiger partial charge in [0.15, 0.2) is 0 Å². The molecule has 0 spiro atoms. The predicted octanol–water partition coefficient (Wildman–Crippen LogP) is 2.14. The summed E-state index contributed by atoms with van der Waals surface area (Å²) in [6, 6.07) is 2.90. The molecule has 1 aliphatic rings. The number of nitrogens with zero attached hydrogens (tertiary/aromatic N) is 2. The van der Waals surface area contributed by atoms with Gasteiger partial charge in [0.05, 0.1) is 5.56 Å². The van der Waals surface area contributed by atoms with Gasteiger partial charge in [-0.1, -0.05) is 13.8 Å². The van der Waals surface area contributed by atoms with Crippen LogP contribution in [0.4, 0.5) is 0 Å². The van der Waals surface area contributed by atoms with Gasteiger partial charge in [-0.25, -0.2) is 4.79 Å². The Morgan fingerprint density at radius 3 is 2.70 bits per heavy atom. The molecule has 0 unspecified atom stereocenters. The van der Waals surface area contributed by atoms with Crippen LogP contribution in [0.1, 0.15) is 41.1 Å². The van der Waals surface area contributed by atoms with Crippen molar-refractivity contribution in [2.75, 3.05) is 18.8 Å². The highest BCUT2D eigenvalue weighted by Gasteiger charge is 2.26. The van der Waals surface area contributed by atoms with Crippen molar-refractivity contribution in [1.29, 1.82) is 0 Å². The van der Waals surface area contributed by atoms with Crippen LogP contribution in [-0.2, 0) is 0 Å². The minimum Gasteiger partial charge on any atom is -0.478 e. The molecule has 6 heteroatoms. The Bertz CT molecular complexity index is 514. The van der Waals surface area contributed by atoms with E-state index in [-0.39, 0.29) is 16.2 Å². The van der Waals surface area contributed by atoms with Gasteiger partial charge in [-0.05, 0) is 18.6 Å². The van der Waals surface area contributed by atoms with Gasteiger partial charge < -0.3 is 10.0 Å². The molecule has 1 fully saturated rings. The molecule has 20 heavy (non-hydrogen) atoms. The molecule has 0 aliphatic carbocycles. The van der Waals surface area contributed by atoms with Gasteiger partial charge in [-0.3, -0.25) is 9.78 Å². The molecule has 1 aliphatic heterocycles. The first kappa shape index (κ1) is 14.8. The Morgan fingerprint density at radius 2 is 2.10 bits per heavy atom. The number of pyridine rings is 1. The van der Waals surface area contributed by atoms with Crippen LogP contribution in [0.5, 0.6) is 0 Å². The number of thioether (sulfide) groups is 1. The summed E-state index contributed by atoms with van der Waals surface area (Å²) in [5.74, 6) is -0.254. The fourth-order valence-electron chi connectivity index (χ4n) is 2.03. The summed E-state index contributed by atoms with van der Waals surface area (Å²) in [6.45, 7) is 5.79. The van der Waals surface area contributed by atoms with Gasteiger partial charge in [0.2, 0.25) is 0 Å². The van der Waals surface area contributed by atoms with Crippen molar-refractivity contribution in [3.63, 3.8) is 0 Å². The van der Waals surface area contributed by atoms with Crippen molar-refractivity contribution in [3.8, 4) is 0 Å². The van der Waals surface area contributed by atoms with Crippen LogP contribution in [0.3, 0.4) is 0 Å². The van der Waals surface area contributed by atoms with Gasteiger partial charge >= 0.3 is 5.97 Å². The van der Waals surface area contributed by atoms with Gasteiger partial charge in [-0.2, -0.15) is 11.8 Å². The number of amides is 1. The summed E-state index contributed by atoms with van der Waals surface area (Å²) in [5.41, 5.74) is 0.397. The number of rotatable bonds is 2. The highest BCUT2D eigenvalue weighted by Crippen LogP contribution is 2.30. The van der Waals surface area contributed by atoms with Gasteiger partial charge in [-0.15, -0.1) is 0 Å². The summed E-state index contributed by atoms with van der Waals surface area (Å²) < 4.78 is 0.190. The van der Waals surface area contributed by atoms with Crippen molar-refractivity contribution in [2.45, 2.75) is 25.0 Å². The molecular formula is C14H18N2O3S. The summed E-state index contributed by atoms with van der Waals surface area (Å²) in [7, 11) is 0. The van der Waals surface area contributed by atoms with Crippen LogP contribution in [0.2, 0.25) is 0 Å². The molecule has 0 bridgehead atoms. The largest absolute Gasteiger partial charge is 0.478 e. The second kappa shape index (κ2) is 5.83. The Balaban J connectivity index is 2.09. The number of carbonyl (C=O) groups is 2. The predicted molar refractivity (Wildman–Crippen MR) is 78.3 cm³/mol. The van der Waals surface area contributed by atoms with E-state index in [0.717, 1.165) is 12.2 Å². The normalized spacial score (nSPS) is 18.4. The van der Waals surface area contributed by atoms with Crippen molar-refractivity contribution < 1.29 is 14.7 Å². The zero-order valence-corrected chi connectivity index (χ0v) is 12.4. The third-order valence-corrected chi connectivity index (χ3v) is 4.73. The Kier molecular flexibility index (Phi) is 4.32. The SMILES string of the molecule is CC1(C)CCN(C(=O)c2ccc(C(=O)O)cn2)CCS1. The fourth-order valence-corrected chi connectivity index (χ4v) is 3.13. The lowest BCUT2D eigenvalue weighted by Gasteiger charge is -2.22. The van der Waals surface area contributed by atoms with Crippen LogP contribution in [0.25, 0.3) is 0 Å². The summed E-state index contributed by atoms with van der Waals surface area (Å²) in [5, 5.41) is 8.82. The van der Waals surface area contributed by atoms with Crippen molar-refractivity contribution in [2.24, 2.45) is 0 Å². The third-order valence-electron chi connectivity index (χ3n) is 3.35. The third kappa shape index (κ3) is 3.50. The van der Waals surface area contributed by atoms with Gasteiger partial charge in [0, 0.05) is 29.8 Å². The number of hydrogen-bond donors (Lipinski definition) is 1. The van der Waals surface area contributed by atoms with E-state index < -0.39 is 5.97 Å². The Labute approximate surface area is 122 Å². The maximum atomic E-state index is 12.4. The minimum atomic E-state index is -1.04.